The Bertz CT molecular complexity index is 168. The number of ether oxygens (including phenoxy) is 1. The Morgan fingerprint density at radius 1 is 1.67 bits per heavy atom. The van der Waals surface area contributed by atoms with Gasteiger partial charge in [0.1, 0.15) is 5.54 Å². The van der Waals surface area contributed by atoms with E-state index in [1.54, 1.807) is 14.2 Å². The van der Waals surface area contributed by atoms with Gasteiger partial charge in [-0.15, -0.1) is 12.4 Å². The minimum atomic E-state index is -0.784. The number of methoxy groups -OCH3 is 1. The summed E-state index contributed by atoms with van der Waals surface area (Å²) < 4.78 is 4.99. The summed E-state index contributed by atoms with van der Waals surface area (Å²) in [7, 11) is 3.27. The van der Waals surface area contributed by atoms with Crippen molar-refractivity contribution in [1.82, 2.24) is 5.32 Å². The predicted octanol–water partition coefficient (Wildman–Crippen LogP) is 0.260. The lowest BCUT2D eigenvalue weighted by molar-refractivity contribution is -0.155. The number of carboxylic acids is 1. The Kier molecular flexibility index (Phi) is 3.96. The maximum Gasteiger partial charge on any atom is 0.324 e. The highest BCUT2D eigenvalue weighted by Crippen LogP contribution is 2.33. The van der Waals surface area contributed by atoms with Gasteiger partial charge in [0, 0.05) is 20.0 Å². The smallest absolute Gasteiger partial charge is 0.324 e. The average molecular weight is 196 g/mol. The zero-order valence-electron chi connectivity index (χ0n) is 7.16. The number of carbonyl (C=O) groups is 1. The average Bonchev–Trinajstić information content (AvgIpc) is 1.86. The van der Waals surface area contributed by atoms with Crippen LogP contribution in [0.15, 0.2) is 0 Å². The third-order valence-electron chi connectivity index (χ3n) is 2.37. The lowest BCUT2D eigenvalue weighted by Crippen LogP contribution is -2.62. The van der Waals surface area contributed by atoms with E-state index in [0.717, 1.165) is 0 Å². The Hall–Kier alpha value is -0.320. The van der Waals surface area contributed by atoms with Crippen LogP contribution in [0, 0.1) is 0 Å². The fourth-order valence-electron chi connectivity index (χ4n) is 1.37. The van der Waals surface area contributed by atoms with Crippen LogP contribution in [-0.2, 0) is 9.53 Å². The van der Waals surface area contributed by atoms with E-state index in [-0.39, 0.29) is 18.5 Å². The van der Waals surface area contributed by atoms with Gasteiger partial charge in [-0.1, -0.05) is 0 Å². The summed E-state index contributed by atoms with van der Waals surface area (Å²) in [6, 6.07) is 0. The van der Waals surface area contributed by atoms with Crippen LogP contribution in [0.2, 0.25) is 0 Å². The van der Waals surface area contributed by atoms with Crippen molar-refractivity contribution >= 4 is 18.4 Å². The molecule has 0 aromatic rings. The molecule has 0 amide bonds. The van der Waals surface area contributed by atoms with Crippen molar-refractivity contribution in [2.45, 2.75) is 24.5 Å². The molecule has 4 nitrogen and oxygen atoms in total. The quantitative estimate of drug-likeness (QED) is 0.679. The Morgan fingerprint density at radius 3 is 2.42 bits per heavy atom. The van der Waals surface area contributed by atoms with E-state index < -0.39 is 11.5 Å². The summed E-state index contributed by atoms with van der Waals surface area (Å²) in [6.45, 7) is 0. The first-order valence-electron chi connectivity index (χ1n) is 3.60. The monoisotopic (exact) mass is 195 g/mol. The molecule has 1 aliphatic rings. The molecule has 0 unspecified atom stereocenters. The number of aliphatic carboxylic acids is 1. The molecule has 0 saturated heterocycles. The molecule has 1 saturated carbocycles. The fourth-order valence-corrected chi connectivity index (χ4v) is 1.37. The van der Waals surface area contributed by atoms with E-state index in [4.69, 9.17) is 9.84 Å². The molecule has 1 rings (SSSR count). The summed E-state index contributed by atoms with van der Waals surface area (Å²) in [5, 5.41) is 11.6. The first kappa shape index (κ1) is 11.7. The zero-order valence-corrected chi connectivity index (χ0v) is 7.98. The standard InChI is InChI=1S/C7H13NO3.ClH/c1-8-7(6(9)10)3-5(4-7)11-2;/h5,8H,3-4H2,1-2H3,(H,9,10);1H. The van der Waals surface area contributed by atoms with Gasteiger partial charge in [0.2, 0.25) is 0 Å². The van der Waals surface area contributed by atoms with Crippen LogP contribution in [0.25, 0.3) is 0 Å². The van der Waals surface area contributed by atoms with Crippen molar-refractivity contribution in [3.8, 4) is 0 Å². The number of halogens is 1. The second-order valence-electron chi connectivity index (χ2n) is 2.90. The Labute approximate surface area is 77.7 Å². The molecule has 1 fully saturated rings. The van der Waals surface area contributed by atoms with Crippen molar-refractivity contribution in [1.29, 1.82) is 0 Å². The van der Waals surface area contributed by atoms with Crippen LogP contribution in [0.3, 0.4) is 0 Å². The van der Waals surface area contributed by atoms with E-state index in [0.29, 0.717) is 12.8 Å². The van der Waals surface area contributed by atoms with Gasteiger partial charge in [-0.3, -0.25) is 4.79 Å². The lowest BCUT2D eigenvalue weighted by atomic mass is 9.74. The largest absolute Gasteiger partial charge is 0.480 e. The topological polar surface area (TPSA) is 58.6 Å². The maximum absolute atomic E-state index is 10.7. The second-order valence-corrected chi connectivity index (χ2v) is 2.90. The number of hydrogen-bond donors (Lipinski definition) is 2. The van der Waals surface area contributed by atoms with Crippen molar-refractivity contribution in [3.05, 3.63) is 0 Å². The van der Waals surface area contributed by atoms with E-state index in [9.17, 15) is 4.79 Å². The third kappa shape index (κ3) is 1.71. The van der Waals surface area contributed by atoms with Gasteiger partial charge in [-0.25, -0.2) is 0 Å². The zero-order chi connectivity index (χ0) is 8.48. The SMILES string of the molecule is CNC1(C(=O)O)CC(OC)C1.Cl. The van der Waals surface area contributed by atoms with E-state index in [1.807, 2.05) is 0 Å². The molecule has 12 heavy (non-hydrogen) atoms. The van der Waals surface area contributed by atoms with Crippen LogP contribution in [0.4, 0.5) is 0 Å². The van der Waals surface area contributed by atoms with Crippen LogP contribution >= 0.6 is 12.4 Å². The minimum absolute atomic E-state index is 0. The molecule has 0 aromatic heterocycles. The Balaban J connectivity index is 0.00000121. The maximum atomic E-state index is 10.7. The molecule has 0 aliphatic heterocycles. The second kappa shape index (κ2) is 4.07. The first-order chi connectivity index (χ1) is 5.14. The van der Waals surface area contributed by atoms with Gasteiger partial charge in [-0.05, 0) is 7.05 Å². The molecule has 0 aromatic carbocycles. The van der Waals surface area contributed by atoms with Crippen molar-refractivity contribution in [2.75, 3.05) is 14.2 Å². The number of rotatable bonds is 3. The number of nitrogens with one attached hydrogen (secondary N) is 1. The molecule has 2 N–H and O–H groups in total. The summed E-state index contributed by atoms with van der Waals surface area (Å²) in [5.41, 5.74) is -0.722. The number of likely N-dealkylation sites (N-methyl/N-ethyl adjacent to an activating group) is 1. The van der Waals surface area contributed by atoms with Crippen molar-refractivity contribution in [3.63, 3.8) is 0 Å². The highest BCUT2D eigenvalue weighted by atomic mass is 35.5. The van der Waals surface area contributed by atoms with Crippen LogP contribution in [-0.4, -0.2) is 36.9 Å². The normalized spacial score (nSPS) is 33.3. The minimum Gasteiger partial charge on any atom is -0.480 e. The highest BCUT2D eigenvalue weighted by Gasteiger charge is 2.49. The number of hydrogen-bond acceptors (Lipinski definition) is 3. The van der Waals surface area contributed by atoms with E-state index >= 15 is 0 Å². The van der Waals surface area contributed by atoms with Crippen LogP contribution < -0.4 is 5.32 Å². The predicted molar refractivity (Wildman–Crippen MR) is 46.7 cm³/mol. The number of carboxylic acid groups (broad SMARTS) is 1. The molecule has 0 radical (unpaired) electrons. The summed E-state index contributed by atoms with van der Waals surface area (Å²) in [4.78, 5) is 10.7. The Morgan fingerprint density at radius 2 is 2.17 bits per heavy atom. The molecular formula is C7H14ClNO3. The molecule has 0 bridgehead atoms. The van der Waals surface area contributed by atoms with Gasteiger partial charge < -0.3 is 15.2 Å². The molecule has 72 valence electrons. The molecular weight excluding hydrogens is 182 g/mol. The molecule has 0 heterocycles. The van der Waals surface area contributed by atoms with E-state index in [2.05, 4.69) is 5.32 Å². The lowest BCUT2D eigenvalue weighted by Gasteiger charge is -2.43. The molecule has 1 aliphatic carbocycles. The molecule has 5 heteroatoms. The molecule has 0 atom stereocenters. The van der Waals surface area contributed by atoms with Gasteiger partial charge >= 0.3 is 5.97 Å². The van der Waals surface area contributed by atoms with Crippen LogP contribution in [0.1, 0.15) is 12.8 Å². The highest BCUT2D eigenvalue weighted by molar-refractivity contribution is 5.85. The van der Waals surface area contributed by atoms with Gasteiger partial charge in [-0.2, -0.15) is 0 Å². The van der Waals surface area contributed by atoms with Crippen molar-refractivity contribution < 1.29 is 14.6 Å². The third-order valence-corrected chi connectivity index (χ3v) is 2.37. The van der Waals surface area contributed by atoms with Crippen molar-refractivity contribution in [2.24, 2.45) is 0 Å². The van der Waals surface area contributed by atoms with Gasteiger partial charge in [0.25, 0.3) is 0 Å². The first-order valence-corrected chi connectivity index (χ1v) is 3.60. The van der Waals surface area contributed by atoms with E-state index in [1.165, 1.54) is 0 Å². The molecule has 0 spiro atoms. The fraction of sp³-hybridized carbons (Fsp3) is 0.857. The van der Waals surface area contributed by atoms with Gasteiger partial charge in [0.05, 0.1) is 6.10 Å². The van der Waals surface area contributed by atoms with Crippen LogP contribution in [0.5, 0.6) is 0 Å². The summed E-state index contributed by atoms with van der Waals surface area (Å²) in [6.07, 6.45) is 1.24. The summed E-state index contributed by atoms with van der Waals surface area (Å²) >= 11 is 0. The summed E-state index contributed by atoms with van der Waals surface area (Å²) in [5.74, 6) is -0.784. The van der Waals surface area contributed by atoms with Gasteiger partial charge in [0.15, 0.2) is 0 Å².